The van der Waals surface area contributed by atoms with E-state index in [2.05, 4.69) is 56.7 Å². The summed E-state index contributed by atoms with van der Waals surface area (Å²) in [6.45, 7) is 1.34. The Morgan fingerprint density at radius 2 is 1.78 bits per heavy atom. The molecule has 7 nitrogen and oxygen atoms in total. The molecule has 7 rings (SSSR count). The lowest BCUT2D eigenvalue weighted by molar-refractivity contribution is 0.0688. The van der Waals surface area contributed by atoms with E-state index in [1.165, 1.54) is 24.0 Å². The molecule has 0 atom stereocenters. The van der Waals surface area contributed by atoms with Crippen molar-refractivity contribution in [2.45, 2.75) is 37.6 Å². The number of nitrogens with zero attached hydrogens (tertiary/aromatic N) is 4. The third kappa shape index (κ3) is 4.19. The van der Waals surface area contributed by atoms with E-state index in [1.807, 2.05) is 39.7 Å². The van der Waals surface area contributed by atoms with E-state index in [0.717, 1.165) is 45.4 Å². The van der Waals surface area contributed by atoms with Gasteiger partial charge < -0.3 is 14.6 Å². The van der Waals surface area contributed by atoms with E-state index in [4.69, 9.17) is 9.40 Å². The van der Waals surface area contributed by atoms with Gasteiger partial charge in [0.1, 0.15) is 11.4 Å². The van der Waals surface area contributed by atoms with Gasteiger partial charge in [0.15, 0.2) is 11.4 Å². The van der Waals surface area contributed by atoms with Gasteiger partial charge in [-0.05, 0) is 65.2 Å². The summed E-state index contributed by atoms with van der Waals surface area (Å²) in [4.78, 5) is 19.9. The summed E-state index contributed by atoms with van der Waals surface area (Å²) in [5.74, 6) is 1.91. The van der Waals surface area contributed by atoms with Crippen LogP contribution in [0, 0.1) is 0 Å². The van der Waals surface area contributed by atoms with Gasteiger partial charge in [0, 0.05) is 36.1 Å². The molecule has 1 aliphatic heterocycles. The van der Waals surface area contributed by atoms with Crippen LogP contribution in [0.4, 0.5) is 5.82 Å². The molecule has 5 aromatic rings. The summed E-state index contributed by atoms with van der Waals surface area (Å²) in [5.41, 5.74) is 5.06. The molecular formula is C29H26BrN5O2. The molecule has 2 fully saturated rings. The van der Waals surface area contributed by atoms with E-state index >= 15 is 0 Å². The molecule has 186 valence electrons. The second-order valence-corrected chi connectivity index (χ2v) is 10.8. The van der Waals surface area contributed by atoms with Crippen LogP contribution in [0.3, 0.4) is 0 Å². The highest BCUT2D eigenvalue weighted by Crippen LogP contribution is 2.44. The number of aromatic nitrogens is 3. The predicted molar refractivity (Wildman–Crippen MR) is 147 cm³/mol. The van der Waals surface area contributed by atoms with Gasteiger partial charge in [-0.15, -0.1) is 0 Å². The summed E-state index contributed by atoms with van der Waals surface area (Å²) in [7, 11) is 0. The van der Waals surface area contributed by atoms with Gasteiger partial charge in [0.2, 0.25) is 0 Å². The summed E-state index contributed by atoms with van der Waals surface area (Å²) < 4.78 is 8.54. The molecule has 0 unspecified atom stereocenters. The number of fused-ring (bicyclic) bond motifs is 2. The molecule has 2 aromatic carbocycles. The van der Waals surface area contributed by atoms with E-state index in [0.29, 0.717) is 24.8 Å². The first kappa shape index (κ1) is 22.5. The standard InChI is InChI=1S/C29H26BrN5O2/c30-23-17-31-35-27(16-24(33-28(23)35)22-7-3-2-6-21(22)18-9-10-18)32-20-11-13-34(14-12-20)29(36)26-15-19-5-1-4-8-25(19)37-26/h1-8,15-18,20,32H,9-14H2. The molecular weight excluding hydrogens is 530 g/mol. The summed E-state index contributed by atoms with van der Waals surface area (Å²) in [6, 6.07) is 20.5. The first-order valence-corrected chi connectivity index (χ1v) is 13.6. The summed E-state index contributed by atoms with van der Waals surface area (Å²) in [5, 5.41) is 9.22. The average Bonchev–Trinajstić information content (AvgIpc) is 3.58. The van der Waals surface area contributed by atoms with Crippen molar-refractivity contribution in [2.75, 3.05) is 18.4 Å². The molecule has 1 N–H and O–H groups in total. The Hall–Kier alpha value is -3.65. The number of carbonyl (C=O) groups excluding carboxylic acids is 1. The van der Waals surface area contributed by atoms with Gasteiger partial charge >= 0.3 is 0 Å². The van der Waals surface area contributed by atoms with Crippen molar-refractivity contribution in [1.82, 2.24) is 19.5 Å². The number of piperidine rings is 1. The number of likely N-dealkylation sites (tertiary alicyclic amines) is 1. The number of nitrogens with one attached hydrogen (secondary N) is 1. The minimum absolute atomic E-state index is 0.0454. The molecule has 4 heterocycles. The highest BCUT2D eigenvalue weighted by Gasteiger charge is 2.28. The molecule has 1 aliphatic carbocycles. The van der Waals surface area contributed by atoms with Gasteiger partial charge in [-0.1, -0.05) is 42.5 Å². The fraction of sp³-hybridized carbons (Fsp3) is 0.276. The highest BCUT2D eigenvalue weighted by atomic mass is 79.9. The Labute approximate surface area is 222 Å². The number of hydrogen-bond donors (Lipinski definition) is 1. The highest BCUT2D eigenvalue weighted by molar-refractivity contribution is 9.10. The van der Waals surface area contributed by atoms with Crippen molar-refractivity contribution in [3.8, 4) is 11.3 Å². The predicted octanol–water partition coefficient (Wildman–Crippen LogP) is 6.50. The lowest BCUT2D eigenvalue weighted by Crippen LogP contribution is -2.42. The monoisotopic (exact) mass is 555 g/mol. The van der Waals surface area contributed by atoms with Crippen molar-refractivity contribution in [2.24, 2.45) is 0 Å². The quantitative estimate of drug-likeness (QED) is 0.268. The van der Waals surface area contributed by atoms with Gasteiger partial charge in [-0.2, -0.15) is 9.61 Å². The third-order valence-corrected chi connectivity index (χ3v) is 8.01. The van der Waals surface area contributed by atoms with Crippen LogP contribution in [0.15, 0.2) is 75.8 Å². The van der Waals surface area contributed by atoms with Crippen molar-refractivity contribution >= 4 is 44.3 Å². The van der Waals surface area contributed by atoms with Crippen LogP contribution in [-0.4, -0.2) is 44.5 Å². The topological polar surface area (TPSA) is 75.7 Å². The molecule has 3 aromatic heterocycles. The van der Waals surface area contributed by atoms with Crippen LogP contribution in [0.2, 0.25) is 0 Å². The Morgan fingerprint density at radius 3 is 2.59 bits per heavy atom. The Balaban J connectivity index is 1.12. The third-order valence-electron chi connectivity index (χ3n) is 7.45. The number of amides is 1. The minimum Gasteiger partial charge on any atom is -0.451 e. The summed E-state index contributed by atoms with van der Waals surface area (Å²) in [6.07, 6.45) is 5.95. The number of furan rings is 1. The molecule has 2 aliphatic rings. The van der Waals surface area contributed by atoms with Crippen LogP contribution in [0.25, 0.3) is 27.9 Å². The van der Waals surface area contributed by atoms with Gasteiger partial charge in [0.05, 0.1) is 16.4 Å². The summed E-state index contributed by atoms with van der Waals surface area (Å²) >= 11 is 3.62. The largest absolute Gasteiger partial charge is 0.451 e. The SMILES string of the molecule is O=C(c1cc2ccccc2o1)N1CCC(Nc2cc(-c3ccccc3C3CC3)nc3c(Br)cnn23)CC1. The van der Waals surface area contributed by atoms with Gasteiger partial charge in [-0.25, -0.2) is 4.98 Å². The van der Waals surface area contributed by atoms with Crippen molar-refractivity contribution in [3.05, 3.63) is 82.7 Å². The van der Waals surface area contributed by atoms with E-state index in [-0.39, 0.29) is 11.9 Å². The molecule has 1 amide bonds. The fourth-order valence-corrected chi connectivity index (χ4v) is 5.68. The molecule has 0 radical (unpaired) electrons. The van der Waals surface area contributed by atoms with E-state index in [1.54, 1.807) is 6.20 Å². The Bertz CT molecular complexity index is 1600. The maximum absolute atomic E-state index is 13.1. The van der Waals surface area contributed by atoms with Crippen molar-refractivity contribution in [1.29, 1.82) is 0 Å². The molecule has 1 saturated carbocycles. The van der Waals surface area contributed by atoms with Crippen molar-refractivity contribution < 1.29 is 9.21 Å². The molecule has 1 saturated heterocycles. The second-order valence-electron chi connectivity index (χ2n) is 9.98. The number of halogens is 1. The smallest absolute Gasteiger partial charge is 0.289 e. The number of rotatable bonds is 5. The average molecular weight is 556 g/mol. The molecule has 0 bridgehead atoms. The van der Waals surface area contributed by atoms with Crippen LogP contribution < -0.4 is 5.32 Å². The number of carbonyl (C=O) groups is 1. The minimum atomic E-state index is -0.0454. The van der Waals surface area contributed by atoms with Crippen molar-refractivity contribution in [3.63, 3.8) is 0 Å². The number of anilines is 1. The number of para-hydroxylation sites is 1. The lowest BCUT2D eigenvalue weighted by Gasteiger charge is -2.32. The molecule has 0 spiro atoms. The zero-order chi connectivity index (χ0) is 24.9. The fourth-order valence-electron chi connectivity index (χ4n) is 5.34. The van der Waals surface area contributed by atoms with Gasteiger partial charge in [-0.3, -0.25) is 4.79 Å². The first-order chi connectivity index (χ1) is 18.1. The number of hydrogen-bond acceptors (Lipinski definition) is 5. The molecule has 37 heavy (non-hydrogen) atoms. The first-order valence-electron chi connectivity index (χ1n) is 12.8. The van der Waals surface area contributed by atoms with Gasteiger partial charge in [0.25, 0.3) is 5.91 Å². The van der Waals surface area contributed by atoms with E-state index < -0.39 is 0 Å². The Morgan fingerprint density at radius 1 is 1.00 bits per heavy atom. The molecule has 8 heteroatoms. The van der Waals surface area contributed by atoms with Crippen LogP contribution in [0.5, 0.6) is 0 Å². The lowest BCUT2D eigenvalue weighted by atomic mass is 10.00. The number of benzene rings is 2. The maximum atomic E-state index is 13.1. The van der Waals surface area contributed by atoms with E-state index in [9.17, 15) is 4.79 Å². The Kier molecular flexibility index (Phi) is 5.50. The normalized spacial score (nSPS) is 16.5. The zero-order valence-electron chi connectivity index (χ0n) is 20.2. The van der Waals surface area contributed by atoms with Crippen LogP contribution in [0.1, 0.15) is 47.7 Å². The van der Waals surface area contributed by atoms with Crippen LogP contribution in [-0.2, 0) is 0 Å². The second kappa shape index (κ2) is 9.03. The zero-order valence-corrected chi connectivity index (χ0v) is 21.8. The van der Waals surface area contributed by atoms with Crippen LogP contribution >= 0.6 is 15.9 Å². The maximum Gasteiger partial charge on any atom is 0.289 e.